The van der Waals surface area contributed by atoms with Crippen molar-refractivity contribution in [3.05, 3.63) is 35.4 Å². The van der Waals surface area contributed by atoms with Gasteiger partial charge in [-0.15, -0.1) is 0 Å². The summed E-state index contributed by atoms with van der Waals surface area (Å²) in [4.78, 5) is 11.8. The molecule has 3 N–H and O–H groups in total. The van der Waals surface area contributed by atoms with Gasteiger partial charge in [0.15, 0.2) is 5.11 Å². The second-order valence-electron chi connectivity index (χ2n) is 5.90. The number of benzene rings is 1. The Morgan fingerprint density at radius 3 is 2.55 bits per heavy atom. The van der Waals surface area contributed by atoms with Gasteiger partial charge in [0.1, 0.15) is 5.75 Å². The van der Waals surface area contributed by atoms with Crippen molar-refractivity contribution in [2.45, 2.75) is 33.2 Å². The van der Waals surface area contributed by atoms with Crippen LogP contribution in [0.1, 0.15) is 31.9 Å². The topological polar surface area (TPSA) is 62.4 Å². The number of ether oxygens (including phenoxy) is 1. The largest absolute Gasteiger partial charge is 0.496 e. The molecular formula is C16H23N3O2S. The highest BCUT2D eigenvalue weighted by molar-refractivity contribution is 7.80. The van der Waals surface area contributed by atoms with Crippen molar-refractivity contribution >= 4 is 29.3 Å². The van der Waals surface area contributed by atoms with Gasteiger partial charge in [0.25, 0.3) is 5.91 Å². The summed E-state index contributed by atoms with van der Waals surface area (Å²) in [6, 6.07) is 5.77. The fraction of sp³-hybridized carbons (Fsp3) is 0.375. The lowest BCUT2D eigenvalue weighted by atomic mass is 10.1. The molecule has 0 spiro atoms. The fourth-order valence-electron chi connectivity index (χ4n) is 1.68. The monoisotopic (exact) mass is 321 g/mol. The second kappa shape index (κ2) is 7.79. The molecule has 1 aromatic rings. The number of hydrazine groups is 1. The fourth-order valence-corrected chi connectivity index (χ4v) is 2.04. The summed E-state index contributed by atoms with van der Waals surface area (Å²) < 4.78 is 5.26. The molecule has 0 aliphatic heterocycles. The molecule has 1 rings (SSSR count). The van der Waals surface area contributed by atoms with E-state index < -0.39 is 0 Å². The smallest absolute Gasteiger partial charge is 0.262 e. The maximum atomic E-state index is 11.8. The Kier molecular flexibility index (Phi) is 6.37. The maximum Gasteiger partial charge on any atom is 0.262 e. The van der Waals surface area contributed by atoms with E-state index in [2.05, 4.69) is 16.2 Å². The van der Waals surface area contributed by atoms with E-state index in [0.29, 0.717) is 10.9 Å². The van der Waals surface area contributed by atoms with Crippen LogP contribution in [0, 0.1) is 6.92 Å². The molecule has 0 unspecified atom stereocenters. The van der Waals surface area contributed by atoms with Crippen molar-refractivity contribution in [1.82, 2.24) is 16.2 Å². The average Bonchev–Trinajstić information content (AvgIpc) is 2.41. The standard InChI is InChI=1S/C16H23N3O2S/c1-11-6-8-13(21-5)12(10-11)7-9-14(20)18-19-15(22)17-16(2,3)4/h6-10H,1-5H3,(H,18,20)(H2,17,19,22)/b9-7+. The van der Waals surface area contributed by atoms with Crippen LogP contribution in [0.15, 0.2) is 24.3 Å². The van der Waals surface area contributed by atoms with E-state index >= 15 is 0 Å². The van der Waals surface area contributed by atoms with Crippen molar-refractivity contribution in [2.24, 2.45) is 0 Å². The Balaban J connectivity index is 2.58. The van der Waals surface area contributed by atoms with Gasteiger partial charge in [0, 0.05) is 17.2 Å². The Morgan fingerprint density at radius 1 is 1.27 bits per heavy atom. The summed E-state index contributed by atoms with van der Waals surface area (Å²) in [5, 5.41) is 3.40. The molecule has 5 nitrogen and oxygen atoms in total. The molecule has 0 radical (unpaired) electrons. The number of nitrogens with one attached hydrogen (secondary N) is 3. The van der Waals surface area contributed by atoms with Crippen LogP contribution in [0.5, 0.6) is 5.75 Å². The van der Waals surface area contributed by atoms with E-state index in [4.69, 9.17) is 17.0 Å². The van der Waals surface area contributed by atoms with Gasteiger partial charge in [-0.3, -0.25) is 15.6 Å². The molecular weight excluding hydrogens is 298 g/mol. The van der Waals surface area contributed by atoms with Crippen LogP contribution in [0.3, 0.4) is 0 Å². The lowest BCUT2D eigenvalue weighted by Gasteiger charge is -2.22. The van der Waals surface area contributed by atoms with Gasteiger partial charge < -0.3 is 10.1 Å². The number of thiocarbonyl (C=S) groups is 1. The minimum absolute atomic E-state index is 0.167. The zero-order chi connectivity index (χ0) is 16.8. The molecule has 0 aliphatic carbocycles. The number of carbonyl (C=O) groups excluding carboxylic acids is 1. The van der Waals surface area contributed by atoms with Crippen molar-refractivity contribution in [1.29, 1.82) is 0 Å². The van der Waals surface area contributed by atoms with Gasteiger partial charge in [-0.2, -0.15) is 0 Å². The summed E-state index contributed by atoms with van der Waals surface area (Å²) in [5.41, 5.74) is 6.93. The lowest BCUT2D eigenvalue weighted by molar-refractivity contribution is -0.117. The van der Waals surface area contributed by atoms with E-state index in [1.54, 1.807) is 13.2 Å². The third kappa shape index (κ3) is 6.58. The van der Waals surface area contributed by atoms with Crippen molar-refractivity contribution < 1.29 is 9.53 Å². The number of rotatable bonds is 3. The normalized spacial score (nSPS) is 11.1. The predicted molar refractivity (Wildman–Crippen MR) is 93.5 cm³/mol. The molecule has 0 aliphatic rings. The minimum Gasteiger partial charge on any atom is -0.496 e. The number of aryl methyl sites for hydroxylation is 1. The van der Waals surface area contributed by atoms with Gasteiger partial charge in [-0.05, 0) is 58.1 Å². The van der Waals surface area contributed by atoms with Gasteiger partial charge in [-0.1, -0.05) is 11.6 Å². The quantitative estimate of drug-likeness (QED) is 0.453. The molecule has 0 saturated carbocycles. The van der Waals surface area contributed by atoms with Crippen LogP contribution in [-0.4, -0.2) is 23.7 Å². The molecule has 1 aromatic carbocycles. The first kappa shape index (κ1) is 18.0. The van der Waals surface area contributed by atoms with Crippen LogP contribution in [0.25, 0.3) is 6.08 Å². The van der Waals surface area contributed by atoms with E-state index in [1.165, 1.54) is 6.08 Å². The van der Waals surface area contributed by atoms with Gasteiger partial charge >= 0.3 is 0 Å². The van der Waals surface area contributed by atoms with E-state index in [1.807, 2.05) is 45.9 Å². The lowest BCUT2D eigenvalue weighted by Crippen LogP contribution is -2.51. The molecule has 0 saturated heterocycles. The number of amides is 1. The van der Waals surface area contributed by atoms with Gasteiger partial charge in [-0.25, -0.2) is 0 Å². The molecule has 6 heteroatoms. The number of methoxy groups -OCH3 is 1. The van der Waals surface area contributed by atoms with Gasteiger partial charge in [0.2, 0.25) is 0 Å². The zero-order valence-corrected chi connectivity index (χ0v) is 14.4. The first-order chi connectivity index (χ1) is 10.2. The van der Waals surface area contributed by atoms with Crippen LogP contribution in [0.4, 0.5) is 0 Å². The molecule has 1 amide bonds. The molecule has 120 valence electrons. The van der Waals surface area contributed by atoms with Crippen molar-refractivity contribution in [2.75, 3.05) is 7.11 Å². The van der Waals surface area contributed by atoms with E-state index in [-0.39, 0.29) is 11.4 Å². The number of hydrogen-bond acceptors (Lipinski definition) is 3. The second-order valence-corrected chi connectivity index (χ2v) is 6.31. The Labute approximate surface area is 137 Å². The van der Waals surface area contributed by atoms with Crippen LogP contribution in [0.2, 0.25) is 0 Å². The SMILES string of the molecule is COc1ccc(C)cc1/C=C/C(=O)NNC(=S)NC(C)(C)C. The Bertz CT molecular complexity index is 577. The number of carbonyl (C=O) groups is 1. The first-order valence-corrected chi connectivity index (χ1v) is 7.33. The maximum absolute atomic E-state index is 11.8. The van der Waals surface area contributed by atoms with Crippen molar-refractivity contribution in [3.63, 3.8) is 0 Å². The van der Waals surface area contributed by atoms with Crippen molar-refractivity contribution in [3.8, 4) is 5.75 Å². The molecule has 0 fully saturated rings. The summed E-state index contributed by atoms with van der Waals surface area (Å²) in [6.07, 6.45) is 3.12. The average molecular weight is 321 g/mol. The summed E-state index contributed by atoms with van der Waals surface area (Å²) in [5.74, 6) is 0.411. The molecule has 0 aromatic heterocycles. The molecule has 0 bridgehead atoms. The summed E-state index contributed by atoms with van der Waals surface area (Å²) in [6.45, 7) is 7.92. The summed E-state index contributed by atoms with van der Waals surface area (Å²) >= 11 is 5.07. The summed E-state index contributed by atoms with van der Waals surface area (Å²) in [7, 11) is 1.60. The Morgan fingerprint density at radius 2 is 1.95 bits per heavy atom. The van der Waals surface area contributed by atoms with Crippen LogP contribution < -0.4 is 20.9 Å². The molecule has 0 heterocycles. The van der Waals surface area contributed by atoms with Crippen LogP contribution >= 0.6 is 12.2 Å². The highest BCUT2D eigenvalue weighted by Crippen LogP contribution is 2.20. The van der Waals surface area contributed by atoms with Crippen LogP contribution in [-0.2, 0) is 4.79 Å². The first-order valence-electron chi connectivity index (χ1n) is 6.92. The third-order valence-electron chi connectivity index (χ3n) is 2.59. The molecule has 0 atom stereocenters. The van der Waals surface area contributed by atoms with Gasteiger partial charge in [0.05, 0.1) is 7.11 Å². The number of hydrogen-bond donors (Lipinski definition) is 3. The zero-order valence-electron chi connectivity index (χ0n) is 13.6. The van der Waals surface area contributed by atoms with E-state index in [9.17, 15) is 4.79 Å². The minimum atomic E-state index is -0.304. The highest BCUT2D eigenvalue weighted by atomic mass is 32.1. The highest BCUT2D eigenvalue weighted by Gasteiger charge is 2.10. The Hall–Kier alpha value is -2.08. The third-order valence-corrected chi connectivity index (χ3v) is 2.79. The molecule has 22 heavy (non-hydrogen) atoms. The van der Waals surface area contributed by atoms with E-state index in [0.717, 1.165) is 11.1 Å². The predicted octanol–water partition coefficient (Wildman–Crippen LogP) is 2.31.